The SMILES string of the molecule is CCCCC(C(=O)O)S(=O)c1ccc2c(c1)CCC2. The van der Waals surface area contributed by atoms with Gasteiger partial charge in [0.15, 0.2) is 0 Å². The normalized spacial score (nSPS) is 16.9. The molecule has 0 saturated heterocycles. The third kappa shape index (κ3) is 3.24. The summed E-state index contributed by atoms with van der Waals surface area (Å²) in [6, 6.07) is 5.79. The third-order valence-electron chi connectivity index (χ3n) is 3.66. The van der Waals surface area contributed by atoms with Crippen LogP contribution < -0.4 is 0 Å². The lowest BCUT2D eigenvalue weighted by Gasteiger charge is -2.12. The molecule has 0 spiro atoms. The Balaban J connectivity index is 2.19. The van der Waals surface area contributed by atoms with Crippen molar-refractivity contribution >= 4 is 16.8 Å². The number of benzene rings is 1. The largest absolute Gasteiger partial charge is 0.480 e. The molecule has 19 heavy (non-hydrogen) atoms. The molecule has 3 nitrogen and oxygen atoms in total. The first kappa shape index (κ1) is 14.3. The van der Waals surface area contributed by atoms with Crippen molar-refractivity contribution < 1.29 is 14.1 Å². The number of carbonyl (C=O) groups is 1. The molecule has 0 aliphatic heterocycles. The van der Waals surface area contributed by atoms with Gasteiger partial charge in [0.1, 0.15) is 5.25 Å². The molecular weight excluding hydrogens is 260 g/mol. The lowest BCUT2D eigenvalue weighted by atomic mass is 10.1. The van der Waals surface area contributed by atoms with Gasteiger partial charge in [0.2, 0.25) is 0 Å². The summed E-state index contributed by atoms with van der Waals surface area (Å²) in [7, 11) is -1.44. The third-order valence-corrected chi connectivity index (χ3v) is 5.33. The average molecular weight is 280 g/mol. The van der Waals surface area contributed by atoms with Crippen LogP contribution in [0.1, 0.15) is 43.7 Å². The van der Waals surface area contributed by atoms with Crippen molar-refractivity contribution in [3.63, 3.8) is 0 Å². The first-order valence-electron chi connectivity index (χ1n) is 6.88. The van der Waals surface area contributed by atoms with Gasteiger partial charge in [-0.2, -0.15) is 0 Å². The highest BCUT2D eigenvalue weighted by Crippen LogP contribution is 2.26. The number of rotatable bonds is 6. The van der Waals surface area contributed by atoms with E-state index in [9.17, 15) is 14.1 Å². The molecule has 2 rings (SSSR count). The van der Waals surface area contributed by atoms with Crippen LogP contribution >= 0.6 is 0 Å². The molecule has 4 heteroatoms. The molecule has 0 heterocycles. The van der Waals surface area contributed by atoms with E-state index in [-0.39, 0.29) is 0 Å². The molecule has 1 aliphatic carbocycles. The second-order valence-corrected chi connectivity index (χ2v) is 6.69. The summed E-state index contributed by atoms with van der Waals surface area (Å²) >= 11 is 0. The van der Waals surface area contributed by atoms with Gasteiger partial charge in [0.05, 0.1) is 10.8 Å². The van der Waals surface area contributed by atoms with Gasteiger partial charge in [0, 0.05) is 4.90 Å². The molecule has 2 atom stereocenters. The average Bonchev–Trinajstić information content (AvgIpc) is 2.85. The highest BCUT2D eigenvalue weighted by molar-refractivity contribution is 7.86. The topological polar surface area (TPSA) is 54.4 Å². The minimum Gasteiger partial charge on any atom is -0.480 e. The maximum absolute atomic E-state index is 12.4. The van der Waals surface area contributed by atoms with Gasteiger partial charge >= 0.3 is 5.97 Å². The van der Waals surface area contributed by atoms with Crippen molar-refractivity contribution in [2.75, 3.05) is 0 Å². The van der Waals surface area contributed by atoms with Crippen LogP contribution in [-0.2, 0) is 28.4 Å². The van der Waals surface area contributed by atoms with E-state index in [2.05, 4.69) is 0 Å². The van der Waals surface area contributed by atoms with E-state index in [4.69, 9.17) is 0 Å². The number of hydrogen-bond donors (Lipinski definition) is 1. The number of carboxylic acid groups (broad SMARTS) is 1. The lowest BCUT2D eigenvalue weighted by Crippen LogP contribution is -2.25. The number of unbranched alkanes of at least 4 members (excludes halogenated alkanes) is 1. The summed E-state index contributed by atoms with van der Waals surface area (Å²) in [5.41, 5.74) is 2.56. The Morgan fingerprint density at radius 3 is 2.79 bits per heavy atom. The minimum absolute atomic E-state index is 0.482. The summed E-state index contributed by atoms with van der Waals surface area (Å²) < 4.78 is 12.4. The number of carboxylic acids is 1. The summed E-state index contributed by atoms with van der Waals surface area (Å²) in [6.45, 7) is 2.01. The second kappa shape index (κ2) is 6.33. The van der Waals surface area contributed by atoms with E-state index < -0.39 is 22.0 Å². The Morgan fingerprint density at radius 1 is 1.37 bits per heavy atom. The van der Waals surface area contributed by atoms with Crippen molar-refractivity contribution in [3.05, 3.63) is 29.3 Å². The van der Waals surface area contributed by atoms with Gasteiger partial charge in [-0.1, -0.05) is 25.8 Å². The Bertz CT molecular complexity index is 496. The van der Waals surface area contributed by atoms with E-state index in [1.807, 2.05) is 25.1 Å². The Morgan fingerprint density at radius 2 is 2.11 bits per heavy atom. The zero-order valence-electron chi connectivity index (χ0n) is 11.2. The van der Waals surface area contributed by atoms with Gasteiger partial charge in [-0.15, -0.1) is 0 Å². The fourth-order valence-electron chi connectivity index (χ4n) is 2.55. The van der Waals surface area contributed by atoms with Crippen molar-refractivity contribution in [2.24, 2.45) is 0 Å². The predicted octanol–water partition coefficient (Wildman–Crippen LogP) is 2.93. The molecule has 0 bridgehead atoms. The Kier molecular flexibility index (Phi) is 4.75. The summed E-state index contributed by atoms with van der Waals surface area (Å²) in [4.78, 5) is 11.9. The van der Waals surface area contributed by atoms with Crippen LogP contribution in [0.25, 0.3) is 0 Å². The molecule has 0 radical (unpaired) electrons. The zero-order chi connectivity index (χ0) is 13.8. The van der Waals surface area contributed by atoms with E-state index in [0.29, 0.717) is 11.3 Å². The van der Waals surface area contributed by atoms with E-state index in [1.165, 1.54) is 11.1 Å². The van der Waals surface area contributed by atoms with Gasteiger partial charge in [-0.3, -0.25) is 9.00 Å². The van der Waals surface area contributed by atoms with Gasteiger partial charge in [-0.05, 0) is 48.9 Å². The second-order valence-electron chi connectivity index (χ2n) is 5.05. The van der Waals surface area contributed by atoms with Crippen molar-refractivity contribution in [3.8, 4) is 0 Å². The highest BCUT2D eigenvalue weighted by Gasteiger charge is 2.26. The summed E-state index contributed by atoms with van der Waals surface area (Å²) in [6.07, 6.45) is 5.45. The van der Waals surface area contributed by atoms with Crippen molar-refractivity contribution in [2.45, 2.75) is 55.6 Å². The first-order valence-corrected chi connectivity index (χ1v) is 8.10. The molecule has 0 saturated carbocycles. The number of aryl methyl sites for hydroxylation is 2. The van der Waals surface area contributed by atoms with Crippen molar-refractivity contribution in [1.29, 1.82) is 0 Å². The van der Waals surface area contributed by atoms with Crippen LogP contribution in [0.5, 0.6) is 0 Å². The molecule has 2 unspecified atom stereocenters. The smallest absolute Gasteiger partial charge is 0.319 e. The van der Waals surface area contributed by atoms with Crippen molar-refractivity contribution in [1.82, 2.24) is 0 Å². The highest BCUT2D eigenvalue weighted by atomic mass is 32.2. The van der Waals surface area contributed by atoms with Crippen LogP contribution in [0.3, 0.4) is 0 Å². The van der Waals surface area contributed by atoms with E-state index in [0.717, 1.165) is 32.1 Å². The Hall–Kier alpha value is -1.16. The molecule has 104 valence electrons. The quantitative estimate of drug-likeness (QED) is 0.871. The number of aliphatic carboxylic acids is 1. The van der Waals surface area contributed by atoms with Crippen LogP contribution in [0.4, 0.5) is 0 Å². The zero-order valence-corrected chi connectivity index (χ0v) is 12.0. The van der Waals surface area contributed by atoms with E-state index in [1.54, 1.807) is 0 Å². The molecule has 0 fully saturated rings. The first-order chi connectivity index (χ1) is 9.13. The Labute approximate surface area is 116 Å². The molecule has 0 aromatic heterocycles. The molecule has 1 aromatic rings. The number of fused-ring (bicyclic) bond motifs is 1. The molecule has 1 aliphatic rings. The summed E-state index contributed by atoms with van der Waals surface area (Å²) in [5, 5.41) is 8.45. The maximum Gasteiger partial charge on any atom is 0.319 e. The monoisotopic (exact) mass is 280 g/mol. The predicted molar refractivity (Wildman–Crippen MR) is 75.8 cm³/mol. The minimum atomic E-state index is -1.44. The fraction of sp³-hybridized carbons (Fsp3) is 0.533. The van der Waals surface area contributed by atoms with Crippen LogP contribution in [0.15, 0.2) is 23.1 Å². The maximum atomic E-state index is 12.4. The number of hydrogen-bond acceptors (Lipinski definition) is 2. The van der Waals surface area contributed by atoms with Crippen LogP contribution in [-0.4, -0.2) is 20.5 Å². The molecule has 1 aromatic carbocycles. The standard InChI is InChI=1S/C15H20O3S/c1-2-3-7-14(15(16)17)19(18)13-9-8-11-5-4-6-12(11)10-13/h8-10,14H,2-7H2,1H3,(H,16,17). The van der Waals surface area contributed by atoms with Crippen LogP contribution in [0.2, 0.25) is 0 Å². The molecule has 1 N–H and O–H groups in total. The van der Waals surface area contributed by atoms with E-state index >= 15 is 0 Å². The lowest BCUT2D eigenvalue weighted by molar-refractivity contribution is -0.136. The fourth-order valence-corrected chi connectivity index (χ4v) is 3.90. The van der Waals surface area contributed by atoms with Crippen LogP contribution in [0, 0.1) is 0 Å². The summed E-state index contributed by atoms with van der Waals surface area (Å²) in [5.74, 6) is -0.952. The van der Waals surface area contributed by atoms with Gasteiger partial charge < -0.3 is 5.11 Å². The van der Waals surface area contributed by atoms with Gasteiger partial charge in [-0.25, -0.2) is 0 Å². The molecular formula is C15H20O3S. The van der Waals surface area contributed by atoms with Gasteiger partial charge in [0.25, 0.3) is 0 Å². The molecule has 0 amide bonds.